The van der Waals surface area contributed by atoms with Gasteiger partial charge in [-0.05, 0) is 47.4 Å². The summed E-state index contributed by atoms with van der Waals surface area (Å²) in [5.41, 5.74) is 1.40. The van der Waals surface area contributed by atoms with Gasteiger partial charge in [0.1, 0.15) is 5.75 Å². The Morgan fingerprint density at radius 3 is 3.00 bits per heavy atom. The molecule has 1 nitrogen and oxygen atoms in total. The van der Waals surface area contributed by atoms with Crippen LogP contribution in [0.25, 0.3) is 10.1 Å². The van der Waals surface area contributed by atoms with Crippen LogP contribution in [0.5, 0.6) is 5.75 Å². The number of alkyl halides is 1. The first-order valence-corrected chi connectivity index (χ1v) is 6.36. The van der Waals surface area contributed by atoms with Gasteiger partial charge >= 0.3 is 0 Å². The van der Waals surface area contributed by atoms with E-state index in [0.29, 0.717) is 0 Å². The lowest BCUT2D eigenvalue weighted by molar-refractivity contribution is 0.415. The Kier molecular flexibility index (Phi) is 3.49. The number of halogens is 1. The Labute approximate surface area is 98.6 Å². The summed E-state index contributed by atoms with van der Waals surface area (Å²) < 4.78 is 6.49. The van der Waals surface area contributed by atoms with Crippen LogP contribution in [0.3, 0.4) is 0 Å². The monoisotopic (exact) mass is 240 g/mol. The van der Waals surface area contributed by atoms with Crippen LogP contribution in [0.1, 0.15) is 12.0 Å². The van der Waals surface area contributed by atoms with Gasteiger partial charge in [0.15, 0.2) is 0 Å². The molecule has 0 aliphatic heterocycles. The van der Waals surface area contributed by atoms with E-state index in [2.05, 4.69) is 17.5 Å². The zero-order valence-corrected chi connectivity index (χ0v) is 10.2. The highest BCUT2D eigenvalue weighted by Gasteiger charge is 2.04. The minimum absolute atomic E-state index is 0.730. The maximum atomic E-state index is 5.70. The third kappa shape index (κ3) is 2.27. The highest BCUT2D eigenvalue weighted by atomic mass is 35.5. The second-order valence-electron chi connectivity index (χ2n) is 3.42. The predicted octanol–water partition coefficient (Wildman–Crippen LogP) is 4.08. The van der Waals surface area contributed by atoms with Gasteiger partial charge in [0.25, 0.3) is 0 Å². The molecule has 1 aromatic carbocycles. The fourth-order valence-electron chi connectivity index (χ4n) is 1.64. The summed E-state index contributed by atoms with van der Waals surface area (Å²) in [5.74, 6) is 1.65. The number of methoxy groups -OCH3 is 1. The van der Waals surface area contributed by atoms with Crippen molar-refractivity contribution in [3.8, 4) is 5.75 Å². The van der Waals surface area contributed by atoms with E-state index >= 15 is 0 Å². The molecule has 0 fully saturated rings. The van der Waals surface area contributed by atoms with E-state index < -0.39 is 0 Å². The van der Waals surface area contributed by atoms with E-state index in [1.807, 2.05) is 6.07 Å². The predicted molar refractivity (Wildman–Crippen MR) is 67.4 cm³/mol. The Morgan fingerprint density at radius 1 is 1.40 bits per heavy atom. The first-order valence-electron chi connectivity index (χ1n) is 4.95. The lowest BCUT2D eigenvalue weighted by Crippen LogP contribution is -1.84. The topological polar surface area (TPSA) is 9.23 Å². The minimum atomic E-state index is 0.730. The Balaban J connectivity index is 2.34. The maximum absolute atomic E-state index is 5.70. The summed E-state index contributed by atoms with van der Waals surface area (Å²) in [4.78, 5) is 0. The van der Waals surface area contributed by atoms with Crippen molar-refractivity contribution in [1.29, 1.82) is 0 Å². The Bertz CT molecular complexity index is 450. The molecule has 1 heterocycles. The fourth-order valence-corrected chi connectivity index (χ4v) is 2.80. The largest absolute Gasteiger partial charge is 0.497 e. The zero-order chi connectivity index (χ0) is 10.7. The van der Waals surface area contributed by atoms with Crippen LogP contribution in [0, 0.1) is 0 Å². The number of ether oxygens (including phenoxy) is 1. The van der Waals surface area contributed by atoms with Crippen LogP contribution < -0.4 is 4.74 Å². The van der Waals surface area contributed by atoms with Crippen LogP contribution in [-0.4, -0.2) is 13.0 Å². The normalized spacial score (nSPS) is 10.8. The maximum Gasteiger partial charge on any atom is 0.120 e. The summed E-state index contributed by atoms with van der Waals surface area (Å²) >= 11 is 7.47. The molecule has 0 saturated carbocycles. The number of benzene rings is 1. The average molecular weight is 241 g/mol. The first kappa shape index (κ1) is 10.8. The van der Waals surface area contributed by atoms with Gasteiger partial charge in [0.2, 0.25) is 0 Å². The number of rotatable bonds is 4. The van der Waals surface area contributed by atoms with Crippen LogP contribution in [0.4, 0.5) is 0 Å². The third-order valence-corrected chi connectivity index (χ3v) is 3.70. The van der Waals surface area contributed by atoms with Crippen molar-refractivity contribution in [3.05, 3.63) is 29.1 Å². The second kappa shape index (κ2) is 4.86. The molecule has 0 N–H and O–H groups in total. The molecule has 80 valence electrons. The molecule has 0 saturated heterocycles. The van der Waals surface area contributed by atoms with Crippen molar-refractivity contribution in [2.45, 2.75) is 12.8 Å². The van der Waals surface area contributed by atoms with Gasteiger partial charge in [0, 0.05) is 10.6 Å². The highest BCUT2D eigenvalue weighted by Crippen LogP contribution is 2.30. The number of fused-ring (bicyclic) bond motifs is 1. The molecule has 0 radical (unpaired) electrons. The summed E-state index contributed by atoms with van der Waals surface area (Å²) in [6.45, 7) is 0. The standard InChI is InChI=1S/C12H13ClOS/c1-14-10-4-5-11-9(3-2-6-13)8-15-12(11)7-10/h4-5,7-8H,2-3,6H2,1H3. The van der Waals surface area contributed by atoms with Gasteiger partial charge < -0.3 is 4.74 Å². The fraction of sp³-hybridized carbons (Fsp3) is 0.333. The smallest absolute Gasteiger partial charge is 0.120 e. The average Bonchev–Trinajstić information content (AvgIpc) is 2.68. The molecule has 0 spiro atoms. The van der Waals surface area contributed by atoms with Crippen molar-refractivity contribution in [3.63, 3.8) is 0 Å². The van der Waals surface area contributed by atoms with Gasteiger partial charge in [-0.2, -0.15) is 0 Å². The third-order valence-electron chi connectivity index (χ3n) is 2.44. The summed E-state index contributed by atoms with van der Waals surface area (Å²) in [6, 6.07) is 6.23. The molecule has 0 bridgehead atoms. The Morgan fingerprint density at radius 2 is 2.27 bits per heavy atom. The van der Waals surface area contributed by atoms with Crippen molar-refractivity contribution in [1.82, 2.24) is 0 Å². The lowest BCUT2D eigenvalue weighted by atomic mass is 10.1. The van der Waals surface area contributed by atoms with E-state index in [1.165, 1.54) is 15.6 Å². The van der Waals surface area contributed by atoms with E-state index in [9.17, 15) is 0 Å². The van der Waals surface area contributed by atoms with Gasteiger partial charge in [-0.1, -0.05) is 0 Å². The quantitative estimate of drug-likeness (QED) is 0.732. The Hall–Kier alpha value is -0.730. The number of hydrogen-bond acceptors (Lipinski definition) is 2. The van der Waals surface area contributed by atoms with Gasteiger partial charge in [-0.25, -0.2) is 0 Å². The summed E-state index contributed by atoms with van der Waals surface area (Å²) in [6.07, 6.45) is 2.11. The molecule has 2 rings (SSSR count). The molecule has 3 heteroatoms. The van der Waals surface area contributed by atoms with Crippen LogP contribution in [-0.2, 0) is 6.42 Å². The van der Waals surface area contributed by atoms with Crippen molar-refractivity contribution in [2.75, 3.05) is 13.0 Å². The molecule has 1 aromatic heterocycles. The van der Waals surface area contributed by atoms with Crippen LogP contribution in [0.15, 0.2) is 23.6 Å². The van der Waals surface area contributed by atoms with E-state index in [4.69, 9.17) is 16.3 Å². The van der Waals surface area contributed by atoms with E-state index in [-0.39, 0.29) is 0 Å². The molecule has 15 heavy (non-hydrogen) atoms. The number of hydrogen-bond donors (Lipinski definition) is 0. The summed E-state index contributed by atoms with van der Waals surface area (Å²) in [7, 11) is 1.70. The molecular weight excluding hydrogens is 228 g/mol. The van der Waals surface area contributed by atoms with Gasteiger partial charge in [0.05, 0.1) is 7.11 Å². The van der Waals surface area contributed by atoms with Crippen molar-refractivity contribution >= 4 is 33.0 Å². The molecule has 0 atom stereocenters. The van der Waals surface area contributed by atoms with Crippen molar-refractivity contribution in [2.24, 2.45) is 0 Å². The van der Waals surface area contributed by atoms with Crippen LogP contribution >= 0.6 is 22.9 Å². The van der Waals surface area contributed by atoms with Gasteiger partial charge in [-0.15, -0.1) is 22.9 Å². The van der Waals surface area contributed by atoms with Crippen molar-refractivity contribution < 1.29 is 4.74 Å². The van der Waals surface area contributed by atoms with Gasteiger partial charge in [-0.3, -0.25) is 0 Å². The first-order chi connectivity index (χ1) is 7.35. The second-order valence-corrected chi connectivity index (χ2v) is 4.70. The molecule has 0 amide bonds. The zero-order valence-electron chi connectivity index (χ0n) is 8.63. The van der Waals surface area contributed by atoms with E-state index in [1.54, 1.807) is 18.4 Å². The highest BCUT2D eigenvalue weighted by molar-refractivity contribution is 7.17. The lowest BCUT2D eigenvalue weighted by Gasteiger charge is -2.00. The molecule has 0 unspecified atom stereocenters. The SMILES string of the molecule is COc1ccc2c(CCCCl)csc2c1. The van der Waals surface area contributed by atoms with E-state index in [0.717, 1.165) is 24.5 Å². The molecule has 0 aliphatic rings. The minimum Gasteiger partial charge on any atom is -0.497 e. The molecule has 2 aromatic rings. The number of aryl methyl sites for hydroxylation is 1. The molecule has 0 aliphatic carbocycles. The number of thiophene rings is 1. The van der Waals surface area contributed by atoms with Crippen LogP contribution in [0.2, 0.25) is 0 Å². The summed E-state index contributed by atoms with van der Waals surface area (Å²) in [5, 5.41) is 3.56. The molecular formula is C12H13ClOS.